The molecule has 1 N–H and O–H groups in total. The number of likely N-dealkylation sites (tertiary alicyclic amines) is 1. The number of carbonyl (C=O) groups excluding carboxylic acids is 1. The molecule has 1 amide bonds. The van der Waals surface area contributed by atoms with E-state index in [2.05, 4.69) is 15.2 Å². The molecule has 1 aliphatic rings. The Morgan fingerprint density at radius 3 is 3.17 bits per heavy atom. The number of amides is 1. The van der Waals surface area contributed by atoms with Crippen LogP contribution in [0.4, 0.5) is 0 Å². The fourth-order valence-corrected chi connectivity index (χ4v) is 1.35. The first-order chi connectivity index (χ1) is 5.86. The number of rotatable bonds is 2. The number of hydrogen-bond donors (Lipinski definition) is 1. The molecule has 1 aromatic heterocycles. The Balaban J connectivity index is 1.99. The van der Waals surface area contributed by atoms with Crippen molar-refractivity contribution < 1.29 is 4.79 Å². The maximum atomic E-state index is 11.2. The molecule has 0 aromatic carbocycles. The third kappa shape index (κ3) is 1.30. The van der Waals surface area contributed by atoms with Gasteiger partial charge in [-0.2, -0.15) is 5.10 Å². The highest BCUT2D eigenvalue weighted by Crippen LogP contribution is 2.11. The van der Waals surface area contributed by atoms with Crippen molar-refractivity contribution in [2.75, 3.05) is 6.54 Å². The van der Waals surface area contributed by atoms with E-state index in [1.807, 2.05) is 0 Å². The number of nitrogens with zero attached hydrogens (tertiary/aromatic N) is 3. The first-order valence-corrected chi connectivity index (χ1v) is 3.98. The molecule has 1 aromatic rings. The summed E-state index contributed by atoms with van der Waals surface area (Å²) < 4.78 is 0. The Bertz CT molecular complexity index is 269. The summed E-state index contributed by atoms with van der Waals surface area (Å²) in [5, 5.41) is 6.50. The van der Waals surface area contributed by atoms with Gasteiger partial charge in [0.05, 0.1) is 6.54 Å². The molecule has 5 nitrogen and oxygen atoms in total. The van der Waals surface area contributed by atoms with Gasteiger partial charge in [0.2, 0.25) is 5.91 Å². The predicted octanol–water partition coefficient (Wildman–Crippen LogP) is -0.0729. The minimum atomic E-state index is 0.208. The predicted molar refractivity (Wildman–Crippen MR) is 41.0 cm³/mol. The van der Waals surface area contributed by atoms with Crippen LogP contribution in [0.25, 0.3) is 0 Å². The molecule has 12 heavy (non-hydrogen) atoms. The highest BCUT2D eigenvalue weighted by atomic mass is 16.2. The van der Waals surface area contributed by atoms with Crippen LogP contribution in [0.1, 0.15) is 18.7 Å². The Kier molecular flexibility index (Phi) is 1.77. The van der Waals surface area contributed by atoms with Gasteiger partial charge in [-0.25, -0.2) is 4.98 Å². The molecule has 1 fully saturated rings. The van der Waals surface area contributed by atoms with E-state index in [9.17, 15) is 4.79 Å². The summed E-state index contributed by atoms with van der Waals surface area (Å²) in [5.74, 6) is 0.894. The Morgan fingerprint density at radius 1 is 1.67 bits per heavy atom. The van der Waals surface area contributed by atoms with Gasteiger partial charge < -0.3 is 4.90 Å². The largest absolute Gasteiger partial charge is 0.335 e. The van der Waals surface area contributed by atoms with E-state index in [1.54, 1.807) is 4.90 Å². The Hall–Kier alpha value is -1.39. The van der Waals surface area contributed by atoms with Crippen molar-refractivity contribution >= 4 is 5.91 Å². The van der Waals surface area contributed by atoms with Gasteiger partial charge >= 0.3 is 0 Å². The van der Waals surface area contributed by atoms with Crippen LogP contribution in [0.3, 0.4) is 0 Å². The van der Waals surface area contributed by atoms with Gasteiger partial charge in [-0.05, 0) is 6.42 Å². The smallest absolute Gasteiger partial charge is 0.223 e. The van der Waals surface area contributed by atoms with Crippen LogP contribution in [0.2, 0.25) is 0 Å². The minimum absolute atomic E-state index is 0.208. The normalized spacial score (nSPS) is 17.3. The highest BCUT2D eigenvalue weighted by Gasteiger charge is 2.20. The highest BCUT2D eigenvalue weighted by molar-refractivity contribution is 5.77. The topological polar surface area (TPSA) is 61.9 Å². The monoisotopic (exact) mass is 166 g/mol. The molecule has 1 aliphatic heterocycles. The van der Waals surface area contributed by atoms with Crippen molar-refractivity contribution in [3.05, 3.63) is 12.2 Å². The zero-order chi connectivity index (χ0) is 8.39. The van der Waals surface area contributed by atoms with E-state index in [4.69, 9.17) is 0 Å². The molecule has 0 aliphatic carbocycles. The SMILES string of the molecule is O=C1CCCN1Cc1nc[nH]n1. The first kappa shape index (κ1) is 7.27. The van der Waals surface area contributed by atoms with Crippen molar-refractivity contribution in [2.24, 2.45) is 0 Å². The second-order valence-electron chi connectivity index (χ2n) is 2.83. The Morgan fingerprint density at radius 2 is 2.58 bits per heavy atom. The van der Waals surface area contributed by atoms with Crippen LogP contribution in [0, 0.1) is 0 Å². The van der Waals surface area contributed by atoms with E-state index < -0.39 is 0 Å². The standard InChI is InChI=1S/C7H10N4O/c12-7-2-1-3-11(7)4-6-8-5-9-10-6/h5H,1-4H2,(H,8,9,10). The van der Waals surface area contributed by atoms with E-state index in [1.165, 1.54) is 6.33 Å². The summed E-state index contributed by atoms with van der Waals surface area (Å²) in [6.45, 7) is 1.38. The van der Waals surface area contributed by atoms with Crippen LogP contribution >= 0.6 is 0 Å². The van der Waals surface area contributed by atoms with Crippen molar-refractivity contribution in [3.8, 4) is 0 Å². The molecule has 0 saturated carbocycles. The lowest BCUT2D eigenvalue weighted by Gasteiger charge is -2.11. The molecule has 0 radical (unpaired) electrons. The molecule has 1 saturated heterocycles. The molecule has 2 heterocycles. The van der Waals surface area contributed by atoms with Gasteiger partial charge in [0.1, 0.15) is 6.33 Å². The van der Waals surface area contributed by atoms with Crippen molar-refractivity contribution in [3.63, 3.8) is 0 Å². The molecule has 0 spiro atoms. The van der Waals surface area contributed by atoms with Crippen LogP contribution in [0.5, 0.6) is 0 Å². The van der Waals surface area contributed by atoms with E-state index in [0.29, 0.717) is 18.8 Å². The lowest BCUT2D eigenvalue weighted by atomic mass is 10.4. The number of aromatic nitrogens is 3. The van der Waals surface area contributed by atoms with Crippen molar-refractivity contribution in [2.45, 2.75) is 19.4 Å². The van der Waals surface area contributed by atoms with Crippen molar-refractivity contribution in [1.29, 1.82) is 0 Å². The second kappa shape index (κ2) is 2.92. The van der Waals surface area contributed by atoms with Gasteiger partial charge in [-0.3, -0.25) is 9.89 Å². The number of nitrogens with one attached hydrogen (secondary N) is 1. The van der Waals surface area contributed by atoms with E-state index >= 15 is 0 Å². The minimum Gasteiger partial charge on any atom is -0.335 e. The Labute approximate surface area is 69.8 Å². The van der Waals surface area contributed by atoms with Gasteiger partial charge in [0, 0.05) is 13.0 Å². The lowest BCUT2D eigenvalue weighted by Crippen LogP contribution is -2.24. The zero-order valence-electron chi connectivity index (χ0n) is 6.66. The van der Waals surface area contributed by atoms with Gasteiger partial charge in [-0.1, -0.05) is 0 Å². The number of H-pyrrole nitrogens is 1. The number of hydrogen-bond acceptors (Lipinski definition) is 3. The number of aromatic amines is 1. The maximum absolute atomic E-state index is 11.2. The van der Waals surface area contributed by atoms with E-state index in [0.717, 1.165) is 13.0 Å². The summed E-state index contributed by atoms with van der Waals surface area (Å²) in [5.41, 5.74) is 0. The average Bonchev–Trinajstić information content (AvgIpc) is 2.65. The summed E-state index contributed by atoms with van der Waals surface area (Å²) in [6, 6.07) is 0. The second-order valence-corrected chi connectivity index (χ2v) is 2.83. The van der Waals surface area contributed by atoms with Gasteiger partial charge in [-0.15, -0.1) is 0 Å². The van der Waals surface area contributed by atoms with Crippen LogP contribution in [-0.4, -0.2) is 32.5 Å². The molecule has 2 rings (SSSR count). The molecular weight excluding hydrogens is 156 g/mol. The number of carbonyl (C=O) groups is 1. The molecule has 0 atom stereocenters. The van der Waals surface area contributed by atoms with Crippen molar-refractivity contribution in [1.82, 2.24) is 20.1 Å². The lowest BCUT2D eigenvalue weighted by molar-refractivity contribution is -0.128. The molecule has 5 heteroatoms. The molecule has 0 bridgehead atoms. The third-order valence-corrected chi connectivity index (χ3v) is 1.97. The first-order valence-electron chi connectivity index (χ1n) is 3.98. The summed E-state index contributed by atoms with van der Waals surface area (Å²) in [4.78, 5) is 16.9. The summed E-state index contributed by atoms with van der Waals surface area (Å²) in [6.07, 6.45) is 3.16. The van der Waals surface area contributed by atoms with Crippen LogP contribution in [0.15, 0.2) is 6.33 Å². The zero-order valence-corrected chi connectivity index (χ0v) is 6.66. The third-order valence-electron chi connectivity index (χ3n) is 1.97. The average molecular weight is 166 g/mol. The van der Waals surface area contributed by atoms with Gasteiger partial charge in [0.15, 0.2) is 5.82 Å². The fourth-order valence-electron chi connectivity index (χ4n) is 1.35. The van der Waals surface area contributed by atoms with E-state index in [-0.39, 0.29) is 5.91 Å². The fraction of sp³-hybridized carbons (Fsp3) is 0.571. The molecular formula is C7H10N4O. The summed E-state index contributed by atoms with van der Waals surface area (Å²) >= 11 is 0. The van der Waals surface area contributed by atoms with Gasteiger partial charge in [0.25, 0.3) is 0 Å². The molecule has 0 unspecified atom stereocenters. The van der Waals surface area contributed by atoms with Crippen LogP contribution < -0.4 is 0 Å². The quantitative estimate of drug-likeness (QED) is 0.668. The van der Waals surface area contributed by atoms with Crippen LogP contribution in [-0.2, 0) is 11.3 Å². The maximum Gasteiger partial charge on any atom is 0.223 e. The summed E-state index contributed by atoms with van der Waals surface area (Å²) in [7, 11) is 0. The molecule has 64 valence electrons.